The van der Waals surface area contributed by atoms with Crippen LogP contribution in [0.1, 0.15) is 46.1 Å². The molecule has 1 aliphatic rings. The second kappa shape index (κ2) is 3.69. The van der Waals surface area contributed by atoms with Gasteiger partial charge in [0.15, 0.2) is 11.5 Å². The second-order valence-corrected chi connectivity index (χ2v) is 5.20. The van der Waals surface area contributed by atoms with E-state index in [2.05, 4.69) is 33.8 Å². The predicted octanol–water partition coefficient (Wildman–Crippen LogP) is 3.95. The van der Waals surface area contributed by atoms with Crippen LogP contribution in [0.2, 0.25) is 0 Å². The molecular weight excluding hydrogens is 200 g/mol. The van der Waals surface area contributed by atoms with Crippen molar-refractivity contribution in [1.29, 1.82) is 0 Å². The number of hydrogen-bond donors (Lipinski definition) is 0. The number of benzene rings is 1. The van der Waals surface area contributed by atoms with Gasteiger partial charge in [0, 0.05) is 18.4 Å². The van der Waals surface area contributed by atoms with Gasteiger partial charge in [0.2, 0.25) is 0 Å². The van der Waals surface area contributed by atoms with Crippen LogP contribution in [0, 0.1) is 5.92 Å². The summed E-state index contributed by atoms with van der Waals surface area (Å²) in [5.41, 5.74) is 1.22. The van der Waals surface area contributed by atoms with Crippen LogP contribution in [0.5, 0.6) is 11.5 Å². The number of hydrogen-bond acceptors (Lipinski definition) is 2. The first kappa shape index (κ1) is 11.3. The molecule has 0 spiro atoms. The van der Waals surface area contributed by atoms with Gasteiger partial charge in [0.05, 0.1) is 0 Å². The zero-order chi connectivity index (χ0) is 11.9. The van der Waals surface area contributed by atoms with Crippen molar-refractivity contribution in [1.82, 2.24) is 0 Å². The maximum absolute atomic E-state index is 6.03. The lowest BCUT2D eigenvalue weighted by Gasteiger charge is -2.27. The van der Waals surface area contributed by atoms with Gasteiger partial charge < -0.3 is 9.47 Å². The van der Waals surface area contributed by atoms with Crippen LogP contribution in [0.15, 0.2) is 18.2 Å². The summed E-state index contributed by atoms with van der Waals surface area (Å²) in [6.45, 7) is 10.6. The van der Waals surface area contributed by atoms with Gasteiger partial charge in [-0.2, -0.15) is 0 Å². The molecule has 1 atom stereocenters. The van der Waals surface area contributed by atoms with E-state index in [9.17, 15) is 0 Å². The molecular formula is C14H20O2. The first-order valence-corrected chi connectivity index (χ1v) is 5.95. The quantitative estimate of drug-likeness (QED) is 0.751. The van der Waals surface area contributed by atoms with Crippen LogP contribution in [0.25, 0.3) is 0 Å². The largest absolute Gasteiger partial charge is 0.448 e. The lowest BCUT2D eigenvalue weighted by Crippen LogP contribution is -2.40. The lowest BCUT2D eigenvalue weighted by molar-refractivity contribution is -0.0993. The van der Waals surface area contributed by atoms with Gasteiger partial charge in [0.25, 0.3) is 5.79 Å². The minimum Gasteiger partial charge on any atom is -0.448 e. The molecule has 0 radical (unpaired) electrons. The van der Waals surface area contributed by atoms with Crippen molar-refractivity contribution < 1.29 is 9.47 Å². The SMILES string of the molecule is CC(C)c1cccc2c1OC(C)(C(C)C)O2. The molecule has 0 saturated carbocycles. The fraction of sp³-hybridized carbons (Fsp3) is 0.571. The van der Waals surface area contributed by atoms with Crippen LogP contribution >= 0.6 is 0 Å². The van der Waals surface area contributed by atoms with Crippen LogP contribution in [-0.4, -0.2) is 5.79 Å². The lowest BCUT2D eigenvalue weighted by atomic mass is 10.0. The summed E-state index contributed by atoms with van der Waals surface area (Å²) in [6, 6.07) is 6.12. The number of rotatable bonds is 2. The van der Waals surface area contributed by atoms with E-state index in [-0.39, 0.29) is 0 Å². The third-order valence-corrected chi connectivity index (χ3v) is 3.30. The normalized spacial score (nSPS) is 23.2. The zero-order valence-electron chi connectivity index (χ0n) is 10.7. The summed E-state index contributed by atoms with van der Waals surface area (Å²) >= 11 is 0. The molecule has 2 nitrogen and oxygen atoms in total. The summed E-state index contributed by atoms with van der Waals surface area (Å²) in [5.74, 6) is 2.05. The molecule has 1 unspecified atom stereocenters. The Morgan fingerprint density at radius 3 is 2.31 bits per heavy atom. The smallest absolute Gasteiger partial charge is 0.251 e. The molecule has 2 heteroatoms. The van der Waals surface area contributed by atoms with Gasteiger partial charge in [-0.05, 0) is 12.0 Å². The van der Waals surface area contributed by atoms with E-state index < -0.39 is 5.79 Å². The Morgan fingerprint density at radius 1 is 1.06 bits per heavy atom. The van der Waals surface area contributed by atoms with Crippen LogP contribution in [0.3, 0.4) is 0 Å². The highest BCUT2D eigenvalue weighted by Crippen LogP contribution is 2.46. The number of fused-ring (bicyclic) bond motifs is 1. The van der Waals surface area contributed by atoms with Crippen LogP contribution < -0.4 is 9.47 Å². The Bertz CT molecular complexity index is 396. The highest BCUT2D eigenvalue weighted by molar-refractivity contribution is 5.50. The van der Waals surface area contributed by atoms with Crippen LogP contribution in [-0.2, 0) is 0 Å². The minimum absolute atomic E-state index is 0.319. The minimum atomic E-state index is -0.521. The van der Waals surface area contributed by atoms with Crippen molar-refractivity contribution in [2.75, 3.05) is 0 Å². The van der Waals surface area contributed by atoms with Crippen molar-refractivity contribution in [3.05, 3.63) is 23.8 Å². The van der Waals surface area contributed by atoms with E-state index in [0.717, 1.165) is 11.5 Å². The molecule has 1 aliphatic heterocycles. The van der Waals surface area contributed by atoms with Crippen molar-refractivity contribution in [3.8, 4) is 11.5 Å². The van der Waals surface area contributed by atoms with Crippen molar-refractivity contribution >= 4 is 0 Å². The molecule has 0 bridgehead atoms. The molecule has 88 valence electrons. The van der Waals surface area contributed by atoms with E-state index in [1.54, 1.807) is 0 Å². The molecule has 0 aliphatic carbocycles. The van der Waals surface area contributed by atoms with E-state index in [1.807, 2.05) is 19.1 Å². The summed E-state index contributed by atoms with van der Waals surface area (Å²) in [4.78, 5) is 0. The standard InChI is InChI=1S/C14H20O2/c1-9(2)11-7-6-8-12-13(11)16-14(5,15-12)10(3)4/h6-10H,1-5H3. The highest BCUT2D eigenvalue weighted by Gasteiger charge is 2.41. The van der Waals surface area contributed by atoms with Crippen molar-refractivity contribution in [2.24, 2.45) is 5.92 Å². The van der Waals surface area contributed by atoms with Gasteiger partial charge in [-0.25, -0.2) is 0 Å². The first-order chi connectivity index (χ1) is 7.44. The van der Waals surface area contributed by atoms with Gasteiger partial charge in [-0.3, -0.25) is 0 Å². The van der Waals surface area contributed by atoms with Gasteiger partial charge in [-0.1, -0.05) is 39.8 Å². The second-order valence-electron chi connectivity index (χ2n) is 5.20. The molecule has 16 heavy (non-hydrogen) atoms. The maximum atomic E-state index is 6.03. The molecule has 1 aromatic rings. The van der Waals surface area contributed by atoms with Crippen molar-refractivity contribution in [3.63, 3.8) is 0 Å². The topological polar surface area (TPSA) is 18.5 Å². The zero-order valence-corrected chi connectivity index (χ0v) is 10.7. The van der Waals surface area contributed by atoms with E-state index in [1.165, 1.54) is 5.56 Å². The predicted molar refractivity (Wildman–Crippen MR) is 65.0 cm³/mol. The average molecular weight is 220 g/mol. The fourth-order valence-electron chi connectivity index (χ4n) is 1.85. The first-order valence-electron chi connectivity index (χ1n) is 5.95. The molecule has 0 saturated heterocycles. The van der Waals surface area contributed by atoms with Gasteiger partial charge in [0.1, 0.15) is 0 Å². The van der Waals surface area contributed by atoms with E-state index in [4.69, 9.17) is 9.47 Å². The summed E-state index contributed by atoms with van der Waals surface area (Å²) in [7, 11) is 0. The summed E-state index contributed by atoms with van der Waals surface area (Å²) < 4.78 is 12.0. The third kappa shape index (κ3) is 1.66. The summed E-state index contributed by atoms with van der Waals surface area (Å²) in [6.07, 6.45) is 0. The van der Waals surface area contributed by atoms with Gasteiger partial charge in [-0.15, -0.1) is 0 Å². The molecule has 0 N–H and O–H groups in total. The molecule has 1 heterocycles. The monoisotopic (exact) mass is 220 g/mol. The maximum Gasteiger partial charge on any atom is 0.251 e. The van der Waals surface area contributed by atoms with Crippen LogP contribution in [0.4, 0.5) is 0 Å². The molecule has 0 fully saturated rings. The Balaban J connectivity index is 2.41. The van der Waals surface area contributed by atoms with Crippen molar-refractivity contribution in [2.45, 2.75) is 46.3 Å². The molecule has 0 amide bonds. The highest BCUT2D eigenvalue weighted by atomic mass is 16.7. The third-order valence-electron chi connectivity index (χ3n) is 3.30. The Kier molecular flexibility index (Phi) is 2.61. The van der Waals surface area contributed by atoms with Gasteiger partial charge >= 0.3 is 0 Å². The Labute approximate surface area is 97.6 Å². The fourth-order valence-corrected chi connectivity index (χ4v) is 1.85. The Morgan fingerprint density at radius 2 is 1.75 bits per heavy atom. The van der Waals surface area contributed by atoms with E-state index >= 15 is 0 Å². The number of ether oxygens (including phenoxy) is 2. The number of para-hydroxylation sites is 1. The Hall–Kier alpha value is -1.18. The molecule has 1 aromatic carbocycles. The summed E-state index contributed by atoms with van der Waals surface area (Å²) in [5, 5.41) is 0. The van der Waals surface area contributed by atoms with E-state index in [0.29, 0.717) is 11.8 Å². The molecule has 0 aromatic heterocycles. The molecule has 2 rings (SSSR count). The average Bonchev–Trinajstić information content (AvgIpc) is 2.54.